The van der Waals surface area contributed by atoms with E-state index in [4.69, 9.17) is 0 Å². The van der Waals surface area contributed by atoms with Crippen molar-refractivity contribution in [2.75, 3.05) is 5.32 Å². The highest BCUT2D eigenvalue weighted by Gasteiger charge is 2.30. The Bertz CT molecular complexity index is 942. The number of hydrogen-bond acceptors (Lipinski definition) is 5. The molecule has 2 aromatic carbocycles. The van der Waals surface area contributed by atoms with Gasteiger partial charge in [0.15, 0.2) is 9.84 Å². The molecule has 2 aromatic rings. The number of nitro groups is 1. The van der Waals surface area contributed by atoms with Crippen LogP contribution in [0.5, 0.6) is 0 Å². The zero-order valence-corrected chi connectivity index (χ0v) is 14.9. The number of hydrogen-bond donors (Lipinski definition) is 1. The van der Waals surface area contributed by atoms with Crippen molar-refractivity contribution in [3.63, 3.8) is 0 Å². The zero-order chi connectivity index (χ0) is 19.5. The lowest BCUT2D eigenvalue weighted by atomic mass is 10.1. The summed E-state index contributed by atoms with van der Waals surface area (Å²) in [5.41, 5.74) is 0.472. The SMILES string of the molecule is CCc1ccc(NC(=O)C(C)S(=O)(=O)c2ccc(F)cc2)cc1[N+](=O)[O-]. The topological polar surface area (TPSA) is 106 Å². The number of anilines is 1. The van der Waals surface area contributed by atoms with Crippen LogP contribution in [0.3, 0.4) is 0 Å². The lowest BCUT2D eigenvalue weighted by Gasteiger charge is -2.14. The molecule has 0 aliphatic heterocycles. The molecule has 0 saturated carbocycles. The molecule has 9 heteroatoms. The van der Waals surface area contributed by atoms with Gasteiger partial charge in [-0.1, -0.05) is 13.0 Å². The molecule has 0 fully saturated rings. The van der Waals surface area contributed by atoms with Gasteiger partial charge in [0.1, 0.15) is 11.1 Å². The monoisotopic (exact) mass is 380 g/mol. The maximum atomic E-state index is 13.0. The maximum absolute atomic E-state index is 13.0. The number of rotatable bonds is 6. The summed E-state index contributed by atoms with van der Waals surface area (Å²) in [5, 5.41) is 12.0. The standard InChI is InChI=1S/C17H17FN2O5S/c1-3-12-4-7-14(10-16(12)20(22)23)19-17(21)11(2)26(24,25)15-8-5-13(18)6-9-15/h4-11H,3H2,1-2H3,(H,19,21). The predicted molar refractivity (Wildman–Crippen MR) is 94.2 cm³/mol. The van der Waals surface area contributed by atoms with Gasteiger partial charge in [0.2, 0.25) is 5.91 Å². The average molecular weight is 380 g/mol. The maximum Gasteiger partial charge on any atom is 0.274 e. The molecule has 0 aromatic heterocycles. The van der Waals surface area contributed by atoms with E-state index in [0.717, 1.165) is 24.3 Å². The Balaban J connectivity index is 2.25. The molecular weight excluding hydrogens is 363 g/mol. The number of nitro benzene ring substituents is 1. The summed E-state index contributed by atoms with van der Waals surface area (Å²) in [6.45, 7) is 2.96. The van der Waals surface area contributed by atoms with Crippen molar-refractivity contribution in [3.05, 3.63) is 64.0 Å². The Morgan fingerprint density at radius 1 is 1.23 bits per heavy atom. The number of carbonyl (C=O) groups is 1. The van der Waals surface area contributed by atoms with Crippen molar-refractivity contribution in [2.24, 2.45) is 0 Å². The Labute approximate surface area is 149 Å². The van der Waals surface area contributed by atoms with Crippen molar-refractivity contribution in [1.82, 2.24) is 0 Å². The van der Waals surface area contributed by atoms with E-state index in [1.54, 1.807) is 6.92 Å². The minimum atomic E-state index is -4.03. The number of nitrogens with zero attached hydrogens (tertiary/aromatic N) is 1. The van der Waals surface area contributed by atoms with Gasteiger partial charge in [-0.3, -0.25) is 14.9 Å². The molecule has 0 spiro atoms. The molecule has 26 heavy (non-hydrogen) atoms. The van der Waals surface area contributed by atoms with E-state index in [9.17, 15) is 27.7 Å². The van der Waals surface area contributed by atoms with Crippen LogP contribution in [0.25, 0.3) is 0 Å². The lowest BCUT2D eigenvalue weighted by Crippen LogP contribution is -2.32. The normalized spacial score (nSPS) is 12.4. The van der Waals surface area contributed by atoms with Crippen LogP contribution in [-0.2, 0) is 21.1 Å². The predicted octanol–water partition coefficient (Wildman–Crippen LogP) is 3.10. The van der Waals surface area contributed by atoms with E-state index in [1.807, 2.05) is 0 Å². The molecule has 0 saturated heterocycles. The molecule has 0 bridgehead atoms. The highest BCUT2D eigenvalue weighted by molar-refractivity contribution is 7.92. The number of aryl methyl sites for hydroxylation is 1. The number of sulfone groups is 1. The zero-order valence-electron chi connectivity index (χ0n) is 14.1. The lowest BCUT2D eigenvalue weighted by molar-refractivity contribution is -0.385. The second kappa shape index (κ2) is 7.61. The summed E-state index contributed by atoms with van der Waals surface area (Å²) >= 11 is 0. The Morgan fingerprint density at radius 3 is 2.38 bits per heavy atom. The van der Waals surface area contributed by atoms with Crippen molar-refractivity contribution in [3.8, 4) is 0 Å². The number of amides is 1. The van der Waals surface area contributed by atoms with Crippen LogP contribution in [0.15, 0.2) is 47.4 Å². The Kier molecular flexibility index (Phi) is 5.71. The van der Waals surface area contributed by atoms with E-state index in [-0.39, 0.29) is 16.3 Å². The van der Waals surface area contributed by atoms with Crippen LogP contribution < -0.4 is 5.32 Å². The first-order valence-electron chi connectivity index (χ1n) is 7.74. The molecular formula is C17H17FN2O5S. The summed E-state index contributed by atoms with van der Waals surface area (Å²) in [6.07, 6.45) is 0.444. The molecule has 0 aliphatic carbocycles. The number of nitrogens with one attached hydrogen (secondary N) is 1. The van der Waals surface area contributed by atoms with Crippen LogP contribution in [0.1, 0.15) is 19.4 Å². The molecule has 7 nitrogen and oxygen atoms in total. The Hall–Kier alpha value is -2.81. The van der Waals surface area contributed by atoms with Crippen LogP contribution in [-0.4, -0.2) is 24.5 Å². The van der Waals surface area contributed by atoms with E-state index in [2.05, 4.69) is 5.32 Å². The second-order valence-electron chi connectivity index (χ2n) is 5.58. The quantitative estimate of drug-likeness (QED) is 0.471. The molecule has 1 N–H and O–H groups in total. The van der Waals surface area contributed by atoms with Crippen molar-refractivity contribution in [2.45, 2.75) is 30.4 Å². The highest BCUT2D eigenvalue weighted by Crippen LogP contribution is 2.24. The van der Waals surface area contributed by atoms with Gasteiger partial charge in [0, 0.05) is 17.3 Å². The van der Waals surface area contributed by atoms with Crippen molar-refractivity contribution < 1.29 is 22.5 Å². The minimum Gasteiger partial charge on any atom is -0.325 e. The Morgan fingerprint density at radius 2 is 1.85 bits per heavy atom. The third kappa shape index (κ3) is 4.05. The van der Waals surface area contributed by atoms with Gasteiger partial charge < -0.3 is 5.32 Å². The molecule has 138 valence electrons. The van der Waals surface area contributed by atoms with Crippen LogP contribution in [0.2, 0.25) is 0 Å². The first-order valence-corrected chi connectivity index (χ1v) is 9.29. The number of benzene rings is 2. The highest BCUT2D eigenvalue weighted by atomic mass is 32.2. The summed E-state index contributed by atoms with van der Waals surface area (Å²) in [7, 11) is -4.03. The molecule has 0 aliphatic rings. The van der Waals surface area contributed by atoms with E-state index < -0.39 is 31.7 Å². The minimum absolute atomic E-state index is 0.125. The van der Waals surface area contributed by atoms with E-state index in [1.165, 1.54) is 25.1 Å². The summed E-state index contributed by atoms with van der Waals surface area (Å²) in [4.78, 5) is 22.6. The molecule has 2 rings (SSSR count). The third-order valence-corrected chi connectivity index (χ3v) is 5.98. The number of carbonyl (C=O) groups excluding carboxylic acids is 1. The summed E-state index contributed by atoms with van der Waals surface area (Å²) < 4.78 is 37.9. The van der Waals surface area contributed by atoms with E-state index in [0.29, 0.717) is 12.0 Å². The molecule has 0 heterocycles. The van der Waals surface area contributed by atoms with Gasteiger partial charge in [0.25, 0.3) is 5.69 Å². The molecule has 1 amide bonds. The number of halogens is 1. The fourth-order valence-electron chi connectivity index (χ4n) is 2.32. The van der Waals surface area contributed by atoms with Gasteiger partial charge in [-0.25, -0.2) is 12.8 Å². The van der Waals surface area contributed by atoms with Crippen molar-refractivity contribution >= 4 is 27.1 Å². The third-order valence-electron chi connectivity index (χ3n) is 3.91. The summed E-state index contributed by atoms with van der Waals surface area (Å²) in [5.74, 6) is -1.43. The van der Waals surface area contributed by atoms with Crippen LogP contribution >= 0.6 is 0 Å². The molecule has 1 atom stereocenters. The smallest absolute Gasteiger partial charge is 0.274 e. The van der Waals surface area contributed by atoms with Crippen LogP contribution in [0, 0.1) is 15.9 Å². The van der Waals surface area contributed by atoms with Gasteiger partial charge in [0.05, 0.1) is 9.82 Å². The first-order chi connectivity index (χ1) is 12.2. The fourth-order valence-corrected chi connectivity index (χ4v) is 3.59. The van der Waals surface area contributed by atoms with Gasteiger partial charge in [-0.2, -0.15) is 0 Å². The van der Waals surface area contributed by atoms with Crippen LogP contribution in [0.4, 0.5) is 15.8 Å². The van der Waals surface area contributed by atoms with Crippen molar-refractivity contribution in [1.29, 1.82) is 0 Å². The first kappa shape index (κ1) is 19.5. The van der Waals surface area contributed by atoms with E-state index >= 15 is 0 Å². The fraction of sp³-hybridized carbons (Fsp3) is 0.235. The van der Waals surface area contributed by atoms with Gasteiger partial charge in [-0.15, -0.1) is 0 Å². The average Bonchev–Trinajstić information content (AvgIpc) is 2.61. The second-order valence-corrected chi connectivity index (χ2v) is 7.85. The summed E-state index contributed by atoms with van der Waals surface area (Å²) in [6, 6.07) is 8.31. The van der Waals surface area contributed by atoms with Gasteiger partial charge in [-0.05, 0) is 43.7 Å². The molecule has 0 radical (unpaired) electrons. The molecule has 1 unspecified atom stereocenters. The largest absolute Gasteiger partial charge is 0.325 e. The van der Waals surface area contributed by atoms with Gasteiger partial charge >= 0.3 is 0 Å².